The second-order valence-corrected chi connectivity index (χ2v) is 8.66. The number of halogens is 2. The van der Waals surface area contributed by atoms with Crippen molar-refractivity contribution in [1.29, 1.82) is 0 Å². The van der Waals surface area contributed by atoms with E-state index in [1.165, 1.54) is 23.9 Å². The summed E-state index contributed by atoms with van der Waals surface area (Å²) in [6.07, 6.45) is 0. The molecule has 0 bridgehead atoms. The second kappa shape index (κ2) is 9.45. The van der Waals surface area contributed by atoms with Crippen LogP contribution in [0, 0.1) is 12.7 Å². The predicted octanol–water partition coefficient (Wildman–Crippen LogP) is 5.88. The lowest BCUT2D eigenvalue weighted by Gasteiger charge is -2.11. The van der Waals surface area contributed by atoms with E-state index in [-0.39, 0.29) is 17.3 Å². The van der Waals surface area contributed by atoms with Gasteiger partial charge in [0.15, 0.2) is 11.0 Å². The van der Waals surface area contributed by atoms with Gasteiger partial charge in [-0.3, -0.25) is 9.36 Å². The Morgan fingerprint density at radius 1 is 1.06 bits per heavy atom. The number of carbonyl (C=O) groups is 1. The van der Waals surface area contributed by atoms with E-state index < -0.39 is 5.82 Å². The highest BCUT2D eigenvalue weighted by Gasteiger charge is 2.17. The normalized spacial score (nSPS) is 10.8. The Labute approximate surface area is 191 Å². The van der Waals surface area contributed by atoms with Crippen LogP contribution in [0.4, 0.5) is 10.1 Å². The number of anilines is 1. The summed E-state index contributed by atoms with van der Waals surface area (Å²) in [6.45, 7) is 2.02. The first-order valence-electron chi connectivity index (χ1n) is 9.47. The van der Waals surface area contributed by atoms with Crippen LogP contribution in [0.25, 0.3) is 17.1 Å². The maximum Gasteiger partial charge on any atom is 0.234 e. The molecule has 31 heavy (non-hydrogen) atoms. The molecule has 4 aromatic rings. The summed E-state index contributed by atoms with van der Waals surface area (Å²) in [7, 11) is 0. The summed E-state index contributed by atoms with van der Waals surface area (Å²) in [5, 5.41) is 11.9. The fourth-order valence-corrected chi connectivity index (χ4v) is 4.06. The summed E-state index contributed by atoms with van der Waals surface area (Å²) in [4.78, 5) is 12.4. The molecule has 0 aliphatic carbocycles. The van der Waals surface area contributed by atoms with Crippen LogP contribution in [0.1, 0.15) is 5.56 Å². The van der Waals surface area contributed by atoms with E-state index in [4.69, 9.17) is 0 Å². The van der Waals surface area contributed by atoms with Crippen molar-refractivity contribution in [2.75, 3.05) is 11.1 Å². The third kappa shape index (κ3) is 5.03. The van der Waals surface area contributed by atoms with E-state index in [0.717, 1.165) is 16.8 Å². The van der Waals surface area contributed by atoms with Crippen LogP contribution in [0.3, 0.4) is 0 Å². The van der Waals surface area contributed by atoms with Crippen molar-refractivity contribution in [3.63, 3.8) is 0 Å². The molecule has 0 aliphatic rings. The molecule has 0 spiro atoms. The molecule has 0 saturated carbocycles. The Balaban J connectivity index is 1.58. The molecule has 0 aliphatic heterocycles. The number of rotatable bonds is 6. The number of benzene rings is 3. The average Bonchev–Trinajstić information content (AvgIpc) is 3.19. The van der Waals surface area contributed by atoms with Crippen LogP contribution in [0.15, 0.2) is 82.4 Å². The molecule has 0 atom stereocenters. The van der Waals surface area contributed by atoms with Gasteiger partial charge in [0.25, 0.3) is 0 Å². The minimum absolute atomic E-state index is 0.0638. The van der Waals surface area contributed by atoms with Crippen LogP contribution < -0.4 is 5.32 Å². The number of hydrogen-bond acceptors (Lipinski definition) is 4. The molecule has 5 nitrogen and oxygen atoms in total. The van der Waals surface area contributed by atoms with Gasteiger partial charge in [-0.25, -0.2) is 4.39 Å². The van der Waals surface area contributed by atoms with Gasteiger partial charge in [0, 0.05) is 15.7 Å². The molecule has 1 N–H and O–H groups in total. The number of carbonyl (C=O) groups excluding carboxylic acids is 1. The topological polar surface area (TPSA) is 59.8 Å². The zero-order valence-corrected chi connectivity index (χ0v) is 19.0. The number of nitrogens with one attached hydrogen (secondary N) is 1. The maximum absolute atomic E-state index is 14.0. The van der Waals surface area contributed by atoms with Gasteiger partial charge in [-0.15, -0.1) is 10.2 Å². The summed E-state index contributed by atoms with van der Waals surface area (Å²) in [5.74, 6) is -0.0759. The van der Waals surface area contributed by atoms with Crippen LogP contribution in [-0.4, -0.2) is 26.4 Å². The highest BCUT2D eigenvalue weighted by atomic mass is 79.9. The van der Waals surface area contributed by atoms with Gasteiger partial charge in [0.2, 0.25) is 5.91 Å². The molecule has 1 aromatic heterocycles. The van der Waals surface area contributed by atoms with Gasteiger partial charge in [-0.05, 0) is 37.3 Å². The van der Waals surface area contributed by atoms with Crippen molar-refractivity contribution in [1.82, 2.24) is 14.8 Å². The van der Waals surface area contributed by atoms with Gasteiger partial charge < -0.3 is 5.32 Å². The standard InChI is InChI=1S/C23H18BrFN4OS/c1-15-7-10-18(11-8-15)29-22(16-5-3-2-4-6-16)27-28-23(29)31-14-21(30)26-20-12-9-17(24)13-19(20)25/h2-13H,14H2,1H3,(H,26,30). The van der Waals surface area contributed by atoms with Crippen molar-refractivity contribution < 1.29 is 9.18 Å². The van der Waals surface area contributed by atoms with Gasteiger partial charge in [-0.1, -0.05) is 75.7 Å². The number of thioether (sulfide) groups is 1. The van der Waals surface area contributed by atoms with Gasteiger partial charge in [0.05, 0.1) is 11.4 Å². The van der Waals surface area contributed by atoms with Crippen molar-refractivity contribution in [2.45, 2.75) is 12.1 Å². The smallest absolute Gasteiger partial charge is 0.234 e. The fourth-order valence-electron chi connectivity index (χ4n) is 2.97. The lowest BCUT2D eigenvalue weighted by molar-refractivity contribution is -0.113. The molecule has 156 valence electrons. The number of nitrogens with zero attached hydrogens (tertiary/aromatic N) is 3. The van der Waals surface area contributed by atoms with Crippen LogP contribution in [0.2, 0.25) is 0 Å². The Morgan fingerprint density at radius 3 is 2.52 bits per heavy atom. The summed E-state index contributed by atoms with van der Waals surface area (Å²) < 4.78 is 16.5. The predicted molar refractivity (Wildman–Crippen MR) is 125 cm³/mol. The van der Waals surface area contributed by atoms with Gasteiger partial charge >= 0.3 is 0 Å². The lowest BCUT2D eigenvalue weighted by Crippen LogP contribution is -2.15. The van der Waals surface area contributed by atoms with Gasteiger partial charge in [-0.2, -0.15) is 0 Å². The number of amides is 1. The summed E-state index contributed by atoms with van der Waals surface area (Å²) >= 11 is 4.45. The number of aryl methyl sites for hydroxylation is 1. The Bertz CT molecular complexity index is 1210. The molecule has 1 amide bonds. The first-order valence-corrected chi connectivity index (χ1v) is 11.2. The summed E-state index contributed by atoms with van der Waals surface area (Å²) in [5.41, 5.74) is 3.10. The third-order valence-electron chi connectivity index (χ3n) is 4.50. The van der Waals surface area contributed by atoms with Crippen LogP contribution in [-0.2, 0) is 4.79 Å². The van der Waals surface area contributed by atoms with Crippen molar-refractivity contribution in [2.24, 2.45) is 0 Å². The molecule has 8 heteroatoms. The van der Waals surface area contributed by atoms with Crippen LogP contribution in [0.5, 0.6) is 0 Å². The van der Waals surface area contributed by atoms with Gasteiger partial charge in [0.1, 0.15) is 5.82 Å². The monoisotopic (exact) mass is 496 g/mol. The third-order valence-corrected chi connectivity index (χ3v) is 5.92. The van der Waals surface area contributed by atoms with E-state index in [2.05, 4.69) is 31.4 Å². The number of aromatic nitrogens is 3. The van der Waals surface area contributed by atoms with Crippen molar-refractivity contribution in [3.8, 4) is 17.1 Å². The second-order valence-electron chi connectivity index (χ2n) is 6.80. The summed E-state index contributed by atoms with van der Waals surface area (Å²) in [6, 6.07) is 22.3. The van der Waals surface area contributed by atoms with E-state index in [1.807, 2.05) is 66.1 Å². The lowest BCUT2D eigenvalue weighted by atomic mass is 10.2. The molecular formula is C23H18BrFN4OS. The van der Waals surface area contributed by atoms with E-state index in [0.29, 0.717) is 15.5 Å². The minimum Gasteiger partial charge on any atom is -0.323 e. The fraction of sp³-hybridized carbons (Fsp3) is 0.0870. The number of hydrogen-bond donors (Lipinski definition) is 1. The van der Waals surface area contributed by atoms with Crippen molar-refractivity contribution in [3.05, 3.63) is 88.6 Å². The van der Waals surface area contributed by atoms with E-state index in [1.54, 1.807) is 6.07 Å². The van der Waals surface area contributed by atoms with E-state index in [9.17, 15) is 9.18 Å². The molecular weight excluding hydrogens is 479 g/mol. The Hall–Kier alpha value is -2.97. The van der Waals surface area contributed by atoms with E-state index >= 15 is 0 Å². The molecule has 1 heterocycles. The zero-order valence-electron chi connectivity index (χ0n) is 16.5. The maximum atomic E-state index is 14.0. The average molecular weight is 497 g/mol. The highest BCUT2D eigenvalue weighted by molar-refractivity contribution is 9.10. The minimum atomic E-state index is -0.498. The molecule has 4 rings (SSSR count). The molecule has 0 radical (unpaired) electrons. The first-order chi connectivity index (χ1) is 15.0. The molecule has 0 saturated heterocycles. The molecule has 3 aromatic carbocycles. The quantitative estimate of drug-likeness (QED) is 0.339. The SMILES string of the molecule is Cc1ccc(-n2c(SCC(=O)Nc3ccc(Br)cc3F)nnc2-c2ccccc2)cc1. The van der Waals surface area contributed by atoms with Crippen molar-refractivity contribution >= 4 is 39.3 Å². The zero-order chi connectivity index (χ0) is 21.8. The highest BCUT2D eigenvalue weighted by Crippen LogP contribution is 2.28. The Kier molecular flexibility index (Phi) is 6.48. The largest absolute Gasteiger partial charge is 0.323 e. The molecule has 0 unspecified atom stereocenters. The Morgan fingerprint density at radius 2 is 1.81 bits per heavy atom. The van der Waals surface area contributed by atoms with Crippen LogP contribution >= 0.6 is 27.7 Å². The first kappa shape index (κ1) is 21.3. The molecule has 0 fully saturated rings.